The van der Waals surface area contributed by atoms with E-state index in [1.54, 1.807) is 0 Å². The van der Waals surface area contributed by atoms with Gasteiger partial charge in [0.1, 0.15) is 5.56 Å². The number of carbonyl (C=O) groups excluding carboxylic acids is 1. The van der Waals surface area contributed by atoms with Crippen molar-refractivity contribution in [3.63, 3.8) is 0 Å². The van der Waals surface area contributed by atoms with Gasteiger partial charge in [0, 0.05) is 0 Å². The lowest BCUT2D eigenvalue weighted by atomic mass is 10.1. The van der Waals surface area contributed by atoms with Gasteiger partial charge in [-0.15, -0.1) is 0 Å². The molecule has 5 nitrogen and oxygen atoms in total. The zero-order valence-electron chi connectivity index (χ0n) is 7.93. The standard InChI is InChI=1S/C8H5F3O5S/c9-8(10,11)6-3-1-2-5(4-12)7(6)16-17(13,14)15/h1-4H,(H,13,14,15). The van der Waals surface area contributed by atoms with Gasteiger partial charge in [-0.3, -0.25) is 9.35 Å². The molecule has 1 aromatic rings. The molecule has 0 fully saturated rings. The Kier molecular flexibility index (Phi) is 3.43. The topological polar surface area (TPSA) is 80.7 Å². The van der Waals surface area contributed by atoms with E-state index in [-0.39, 0.29) is 6.29 Å². The Morgan fingerprint density at radius 3 is 2.29 bits per heavy atom. The molecule has 0 aromatic heterocycles. The summed E-state index contributed by atoms with van der Waals surface area (Å²) in [7, 11) is -5.15. The third-order valence-electron chi connectivity index (χ3n) is 1.67. The molecule has 17 heavy (non-hydrogen) atoms. The summed E-state index contributed by atoms with van der Waals surface area (Å²) in [5.74, 6) is -1.25. The van der Waals surface area contributed by atoms with Crippen molar-refractivity contribution in [2.24, 2.45) is 0 Å². The molecule has 0 aliphatic rings. The molecule has 0 saturated heterocycles. The Balaban J connectivity index is 3.46. The second-order valence-corrected chi connectivity index (χ2v) is 3.87. The number of alkyl halides is 3. The van der Waals surface area contributed by atoms with Crippen LogP contribution < -0.4 is 4.18 Å². The van der Waals surface area contributed by atoms with Gasteiger partial charge >= 0.3 is 16.6 Å². The Morgan fingerprint density at radius 2 is 1.88 bits per heavy atom. The first-order chi connectivity index (χ1) is 7.65. The maximum absolute atomic E-state index is 12.5. The van der Waals surface area contributed by atoms with Gasteiger partial charge in [0.15, 0.2) is 12.0 Å². The lowest BCUT2D eigenvalue weighted by Crippen LogP contribution is -2.14. The van der Waals surface area contributed by atoms with E-state index in [4.69, 9.17) is 4.55 Å². The zero-order valence-corrected chi connectivity index (χ0v) is 8.75. The third kappa shape index (κ3) is 3.43. The summed E-state index contributed by atoms with van der Waals surface area (Å²) >= 11 is 0. The summed E-state index contributed by atoms with van der Waals surface area (Å²) in [5.41, 5.74) is -2.11. The van der Waals surface area contributed by atoms with Crippen molar-refractivity contribution < 1.29 is 35.1 Å². The van der Waals surface area contributed by atoms with Crippen LogP contribution in [0.4, 0.5) is 13.2 Å². The van der Waals surface area contributed by atoms with Crippen LogP contribution in [0.5, 0.6) is 5.75 Å². The van der Waals surface area contributed by atoms with Crippen LogP contribution in [-0.2, 0) is 16.6 Å². The highest BCUT2D eigenvalue weighted by atomic mass is 32.3. The minimum Gasteiger partial charge on any atom is -0.360 e. The monoisotopic (exact) mass is 270 g/mol. The van der Waals surface area contributed by atoms with E-state index in [2.05, 4.69) is 4.18 Å². The molecule has 0 bridgehead atoms. The number of hydrogen-bond acceptors (Lipinski definition) is 4. The second-order valence-electron chi connectivity index (χ2n) is 2.85. The molecule has 0 unspecified atom stereocenters. The Hall–Kier alpha value is -1.61. The molecule has 1 aromatic carbocycles. The van der Waals surface area contributed by atoms with E-state index in [9.17, 15) is 26.4 Å². The number of benzene rings is 1. The van der Waals surface area contributed by atoms with Gasteiger partial charge < -0.3 is 4.18 Å². The summed E-state index contributed by atoms with van der Waals surface area (Å²) in [6.07, 6.45) is -4.94. The van der Waals surface area contributed by atoms with Crippen LogP contribution in [0.25, 0.3) is 0 Å². The van der Waals surface area contributed by atoms with Crippen molar-refractivity contribution in [2.45, 2.75) is 6.18 Å². The number of halogens is 3. The minimum absolute atomic E-state index is 0.0181. The van der Waals surface area contributed by atoms with Crippen molar-refractivity contribution in [1.29, 1.82) is 0 Å². The molecule has 94 valence electrons. The number of hydrogen-bond donors (Lipinski definition) is 1. The lowest BCUT2D eigenvalue weighted by molar-refractivity contribution is -0.138. The molecule has 1 N–H and O–H groups in total. The van der Waals surface area contributed by atoms with Gasteiger partial charge in [0.25, 0.3) is 0 Å². The van der Waals surface area contributed by atoms with E-state index in [0.29, 0.717) is 6.07 Å². The molecular weight excluding hydrogens is 265 g/mol. The van der Waals surface area contributed by atoms with E-state index in [1.807, 2.05) is 0 Å². The third-order valence-corrected chi connectivity index (χ3v) is 2.04. The van der Waals surface area contributed by atoms with Crippen LogP contribution in [0.1, 0.15) is 15.9 Å². The summed E-state index contributed by atoms with van der Waals surface area (Å²) < 4.78 is 70.3. The molecule has 9 heteroatoms. The lowest BCUT2D eigenvalue weighted by Gasteiger charge is -2.12. The van der Waals surface area contributed by atoms with Crippen molar-refractivity contribution in [2.75, 3.05) is 0 Å². The molecule has 0 saturated carbocycles. The van der Waals surface area contributed by atoms with E-state index >= 15 is 0 Å². The first-order valence-corrected chi connectivity index (χ1v) is 5.34. The average molecular weight is 270 g/mol. The van der Waals surface area contributed by atoms with Crippen LogP contribution >= 0.6 is 0 Å². The SMILES string of the molecule is O=Cc1cccc(C(F)(F)F)c1OS(=O)(=O)O. The normalized spacial score (nSPS) is 12.2. The maximum Gasteiger partial charge on any atom is 0.446 e. The van der Waals surface area contributed by atoms with Crippen LogP contribution in [-0.4, -0.2) is 19.3 Å². The van der Waals surface area contributed by atoms with Crippen molar-refractivity contribution in [3.05, 3.63) is 29.3 Å². The smallest absolute Gasteiger partial charge is 0.360 e. The zero-order chi connectivity index (χ0) is 13.3. The molecule has 0 aliphatic heterocycles. The number of carbonyl (C=O) groups is 1. The highest BCUT2D eigenvalue weighted by molar-refractivity contribution is 7.81. The largest absolute Gasteiger partial charge is 0.446 e. The Morgan fingerprint density at radius 1 is 1.29 bits per heavy atom. The molecule has 0 aliphatic carbocycles. The fourth-order valence-corrected chi connectivity index (χ4v) is 1.47. The van der Waals surface area contributed by atoms with Gasteiger partial charge in [0.05, 0.1) is 5.56 Å². The summed E-state index contributed by atoms with van der Waals surface area (Å²) in [6, 6.07) is 2.35. The van der Waals surface area contributed by atoms with Crippen LogP contribution in [0.3, 0.4) is 0 Å². The Labute approximate surface area is 93.8 Å². The fourth-order valence-electron chi connectivity index (χ4n) is 1.07. The van der Waals surface area contributed by atoms with Gasteiger partial charge in [-0.05, 0) is 12.1 Å². The van der Waals surface area contributed by atoms with E-state index < -0.39 is 33.5 Å². The summed E-state index contributed by atoms with van der Waals surface area (Å²) in [6.45, 7) is 0. The van der Waals surface area contributed by atoms with E-state index in [0.717, 1.165) is 12.1 Å². The van der Waals surface area contributed by atoms with E-state index in [1.165, 1.54) is 0 Å². The highest BCUT2D eigenvalue weighted by Crippen LogP contribution is 2.38. The maximum atomic E-state index is 12.5. The van der Waals surface area contributed by atoms with Crippen LogP contribution in [0.2, 0.25) is 0 Å². The predicted octanol–water partition coefficient (Wildman–Crippen LogP) is 1.70. The summed E-state index contributed by atoms with van der Waals surface area (Å²) in [5, 5.41) is 0. The minimum atomic E-state index is -5.15. The molecule has 0 amide bonds. The van der Waals surface area contributed by atoms with Gasteiger partial charge in [-0.1, -0.05) is 6.07 Å². The van der Waals surface area contributed by atoms with Crippen molar-refractivity contribution in [3.8, 4) is 5.75 Å². The molecule has 0 atom stereocenters. The first kappa shape index (κ1) is 13.5. The average Bonchev–Trinajstić information content (AvgIpc) is 2.13. The quantitative estimate of drug-likeness (QED) is 0.667. The molecule has 0 heterocycles. The number of rotatable bonds is 3. The Bertz CT molecular complexity index is 535. The first-order valence-electron chi connectivity index (χ1n) is 3.97. The van der Waals surface area contributed by atoms with Crippen molar-refractivity contribution >= 4 is 16.7 Å². The van der Waals surface area contributed by atoms with Gasteiger partial charge in [-0.25, -0.2) is 0 Å². The fraction of sp³-hybridized carbons (Fsp3) is 0.125. The van der Waals surface area contributed by atoms with Crippen LogP contribution in [0, 0.1) is 0 Å². The van der Waals surface area contributed by atoms with Gasteiger partial charge in [0.2, 0.25) is 0 Å². The van der Waals surface area contributed by atoms with Gasteiger partial charge in [-0.2, -0.15) is 21.6 Å². The predicted molar refractivity (Wildman–Crippen MR) is 49.0 cm³/mol. The second kappa shape index (κ2) is 4.34. The van der Waals surface area contributed by atoms with Crippen molar-refractivity contribution in [1.82, 2.24) is 0 Å². The van der Waals surface area contributed by atoms with Crippen LogP contribution in [0.15, 0.2) is 18.2 Å². The number of aldehydes is 1. The molecular formula is C8H5F3O5S. The molecule has 0 radical (unpaired) electrons. The molecule has 0 spiro atoms. The summed E-state index contributed by atoms with van der Waals surface area (Å²) in [4.78, 5) is 10.5. The highest BCUT2D eigenvalue weighted by Gasteiger charge is 2.36. The molecule has 1 rings (SSSR count). The number of para-hydroxylation sites is 1.